The lowest BCUT2D eigenvalue weighted by atomic mass is 10.1. The zero-order chi connectivity index (χ0) is 24.5. The Kier molecular flexibility index (Phi) is 6.91. The molecule has 34 heavy (non-hydrogen) atoms. The van der Waals surface area contributed by atoms with E-state index >= 15 is 0 Å². The number of anilines is 1. The van der Waals surface area contributed by atoms with Gasteiger partial charge in [0.15, 0.2) is 17.7 Å². The van der Waals surface area contributed by atoms with Gasteiger partial charge in [0.2, 0.25) is 7.75 Å². The van der Waals surface area contributed by atoms with Gasteiger partial charge in [-0.2, -0.15) is 0 Å². The van der Waals surface area contributed by atoms with Crippen LogP contribution in [0.3, 0.4) is 0 Å². The number of ether oxygens (including phenoxy) is 1. The first-order chi connectivity index (χ1) is 16.2. The van der Waals surface area contributed by atoms with E-state index in [-0.39, 0.29) is 23.4 Å². The number of imidazole rings is 1. The Balaban J connectivity index is 1.41. The highest BCUT2D eigenvalue weighted by Gasteiger charge is 2.45. The number of carbonyl (C=O) groups excluding carboxylic acids is 1. The minimum absolute atomic E-state index is 0.105. The van der Waals surface area contributed by atoms with E-state index in [4.69, 9.17) is 15.0 Å². The number of nitrogens with two attached hydrogens (primary N) is 1. The quantitative estimate of drug-likeness (QED) is 0.226. The molecule has 1 unspecified atom stereocenters. The molecule has 1 saturated heterocycles. The van der Waals surface area contributed by atoms with Crippen LogP contribution < -0.4 is 20.8 Å². The Bertz CT molecular complexity index is 1210. The van der Waals surface area contributed by atoms with Crippen molar-refractivity contribution in [2.24, 2.45) is 0 Å². The van der Waals surface area contributed by atoms with Crippen molar-refractivity contribution < 1.29 is 38.8 Å². The number of rotatable bonds is 9. The monoisotopic (exact) mass is 492 g/mol. The maximum absolute atomic E-state index is 12.4. The fourth-order valence-corrected chi connectivity index (χ4v) is 4.58. The molecular weight excluding hydrogens is 471 g/mol. The van der Waals surface area contributed by atoms with Crippen molar-refractivity contribution in [1.82, 2.24) is 24.6 Å². The van der Waals surface area contributed by atoms with E-state index in [1.165, 1.54) is 17.2 Å². The van der Waals surface area contributed by atoms with Crippen molar-refractivity contribution in [1.29, 1.82) is 0 Å². The number of aliphatic hydroxyl groups excluding tert-OH is 2. The summed E-state index contributed by atoms with van der Waals surface area (Å²) in [6.45, 7) is -0.697. The highest BCUT2D eigenvalue weighted by molar-refractivity contribution is 7.49. The first kappa shape index (κ1) is 24.2. The van der Waals surface area contributed by atoms with Crippen LogP contribution in [0.5, 0.6) is 0 Å². The number of hydrogen-bond donors (Lipinski definition) is 4. The van der Waals surface area contributed by atoms with Crippen LogP contribution in [-0.4, -0.2) is 66.7 Å². The molecule has 0 bridgehead atoms. The first-order valence-electron chi connectivity index (χ1n) is 10.1. The minimum atomic E-state index is -4.91. The maximum Gasteiger partial charge on any atom is 0.205 e. The van der Waals surface area contributed by atoms with Crippen molar-refractivity contribution in [3.63, 3.8) is 0 Å². The minimum Gasteiger partial charge on any atom is -0.766 e. The number of nitrogens with one attached hydrogen (secondary N) is 1. The lowest BCUT2D eigenvalue weighted by Crippen LogP contribution is -2.47. The average Bonchev–Trinajstić information content (AvgIpc) is 3.35. The fraction of sp³-hybridized carbons (Fsp3) is 0.368. The summed E-state index contributed by atoms with van der Waals surface area (Å²) >= 11 is 0. The number of hydrogen-bond acceptors (Lipinski definition) is 12. The van der Waals surface area contributed by atoms with Crippen LogP contribution in [0.1, 0.15) is 11.8 Å². The van der Waals surface area contributed by atoms with Crippen LogP contribution >= 0.6 is 7.75 Å². The standard InChI is InChI=1S/C19H23N6O8P/c20-16-13-17(22-8-21-16)25(9-23-13)18-15(27)14(26)12(33-18)7-32-34(30,31)24-11(19(28)29)6-10-4-2-1-3-5-10/h1-5,8-9,11-12,14-15,18,26-27H,6-7H2,(H,28,29)(H2,20,21,22)(H2,24,30,31)/p-2/t11-,12+,14+,15+,18+/m0/s1. The number of nitrogens with zero attached hydrogens (tertiary/aromatic N) is 4. The van der Waals surface area contributed by atoms with Crippen molar-refractivity contribution in [2.45, 2.75) is 37.0 Å². The van der Waals surface area contributed by atoms with E-state index in [9.17, 15) is 29.6 Å². The number of aromatic nitrogens is 4. The summed E-state index contributed by atoms with van der Waals surface area (Å²) in [4.78, 5) is 35.7. The van der Waals surface area contributed by atoms with Crippen LogP contribution in [-0.2, 0) is 25.0 Å². The van der Waals surface area contributed by atoms with Gasteiger partial charge < -0.3 is 40.0 Å². The molecule has 1 fully saturated rings. The number of aliphatic carboxylic acids is 1. The number of fused-ring (bicyclic) bond motifs is 1. The number of benzene rings is 1. The van der Waals surface area contributed by atoms with Crippen LogP contribution in [0.15, 0.2) is 43.0 Å². The fourth-order valence-electron chi connectivity index (χ4n) is 3.58. The Morgan fingerprint density at radius 3 is 2.71 bits per heavy atom. The first-order valence-corrected chi connectivity index (χ1v) is 11.6. The second kappa shape index (κ2) is 9.72. The smallest absolute Gasteiger partial charge is 0.205 e. The van der Waals surface area contributed by atoms with Gasteiger partial charge in [0.25, 0.3) is 0 Å². The van der Waals surface area contributed by atoms with Gasteiger partial charge in [-0.3, -0.25) is 9.13 Å². The SMILES string of the molecule is Nc1ncnc2c1ncn2[C@@H]1O[C@H](COP(=O)([O-])N[C@@H](Cc2ccccc2)C(=O)[O-])[C@@H](O)[C@H]1O. The molecule has 1 aliphatic rings. The molecule has 15 heteroatoms. The summed E-state index contributed by atoms with van der Waals surface area (Å²) in [7, 11) is -4.91. The third-order valence-corrected chi connectivity index (χ3v) is 6.41. The molecule has 2 aromatic heterocycles. The molecule has 14 nitrogen and oxygen atoms in total. The van der Waals surface area contributed by atoms with E-state index in [1.807, 2.05) is 5.09 Å². The van der Waals surface area contributed by atoms with Gasteiger partial charge in [-0.25, -0.2) is 20.0 Å². The summed E-state index contributed by atoms with van der Waals surface area (Å²) in [6, 6.07) is 6.78. The van der Waals surface area contributed by atoms with Crippen molar-refractivity contribution in [3.05, 3.63) is 48.5 Å². The predicted octanol–water partition coefficient (Wildman–Crippen LogP) is -2.54. The maximum atomic E-state index is 12.4. The molecule has 182 valence electrons. The molecule has 0 aliphatic carbocycles. The van der Waals surface area contributed by atoms with Crippen molar-refractivity contribution >= 4 is 30.7 Å². The Hall–Kier alpha value is -2.97. The highest BCUT2D eigenvalue weighted by atomic mass is 31.2. The van der Waals surface area contributed by atoms with E-state index in [0.717, 1.165) is 0 Å². The number of carbonyl (C=O) groups is 1. The summed E-state index contributed by atoms with van der Waals surface area (Å²) in [5.74, 6) is -1.53. The second-order valence-electron chi connectivity index (χ2n) is 7.61. The van der Waals surface area contributed by atoms with Crippen LogP contribution in [0, 0.1) is 0 Å². The predicted molar refractivity (Wildman–Crippen MR) is 111 cm³/mol. The lowest BCUT2D eigenvalue weighted by Gasteiger charge is -2.31. The average molecular weight is 492 g/mol. The molecule has 4 rings (SSSR count). The molecule has 0 saturated carbocycles. The third-order valence-electron chi connectivity index (χ3n) is 5.29. The van der Waals surface area contributed by atoms with Crippen LogP contribution in [0.4, 0.5) is 5.82 Å². The molecular formula is C19H21N6O8P-2. The highest BCUT2D eigenvalue weighted by Crippen LogP contribution is 2.37. The molecule has 1 aliphatic heterocycles. The number of nitrogen functional groups attached to an aromatic ring is 1. The molecule has 0 amide bonds. The number of aliphatic hydroxyl groups is 2. The largest absolute Gasteiger partial charge is 0.766 e. The number of carboxylic acid groups (broad SMARTS) is 1. The summed E-state index contributed by atoms with van der Waals surface area (Å²) in [5.41, 5.74) is 6.81. The summed E-state index contributed by atoms with van der Waals surface area (Å²) < 4.78 is 24.1. The van der Waals surface area contributed by atoms with Crippen LogP contribution in [0.2, 0.25) is 0 Å². The second-order valence-corrected chi connectivity index (χ2v) is 9.12. The summed E-state index contributed by atoms with van der Waals surface area (Å²) in [6.07, 6.45) is -3.13. The topological polar surface area (TPSA) is 221 Å². The number of carboxylic acids is 1. The van der Waals surface area contributed by atoms with Gasteiger partial charge in [0.05, 0.1) is 24.9 Å². The van der Waals surface area contributed by atoms with E-state index < -0.39 is 50.9 Å². The van der Waals surface area contributed by atoms with E-state index in [1.54, 1.807) is 30.3 Å². The van der Waals surface area contributed by atoms with Crippen LogP contribution in [0.25, 0.3) is 11.2 Å². The van der Waals surface area contributed by atoms with E-state index in [0.29, 0.717) is 5.56 Å². The molecule has 3 heterocycles. The Labute approximate surface area is 192 Å². The normalized spacial score (nSPS) is 25.3. The molecule has 5 N–H and O–H groups in total. The van der Waals surface area contributed by atoms with Crippen molar-refractivity contribution in [2.75, 3.05) is 12.3 Å². The van der Waals surface area contributed by atoms with Gasteiger partial charge in [-0.15, -0.1) is 0 Å². The molecule has 0 spiro atoms. The zero-order valence-corrected chi connectivity index (χ0v) is 18.4. The molecule has 1 aromatic carbocycles. The zero-order valence-electron chi connectivity index (χ0n) is 17.5. The van der Waals surface area contributed by atoms with Gasteiger partial charge in [-0.05, 0) is 12.0 Å². The van der Waals surface area contributed by atoms with Gasteiger partial charge in [-0.1, -0.05) is 30.3 Å². The summed E-state index contributed by atoms with van der Waals surface area (Å²) in [5, 5.41) is 34.1. The van der Waals surface area contributed by atoms with Crippen molar-refractivity contribution in [3.8, 4) is 0 Å². The van der Waals surface area contributed by atoms with Gasteiger partial charge in [0, 0.05) is 0 Å². The Morgan fingerprint density at radius 2 is 2.00 bits per heavy atom. The molecule has 3 aromatic rings. The molecule has 0 radical (unpaired) electrons. The molecule has 6 atom stereocenters. The third kappa shape index (κ3) is 5.08. The Morgan fingerprint density at radius 1 is 1.26 bits per heavy atom. The lowest BCUT2D eigenvalue weighted by molar-refractivity contribution is -0.308. The van der Waals surface area contributed by atoms with Gasteiger partial charge in [0.1, 0.15) is 30.2 Å². The van der Waals surface area contributed by atoms with Gasteiger partial charge >= 0.3 is 0 Å². The van der Waals surface area contributed by atoms with E-state index in [2.05, 4.69) is 15.0 Å².